The summed E-state index contributed by atoms with van der Waals surface area (Å²) in [4.78, 5) is 4.43. The lowest BCUT2D eigenvalue weighted by Crippen LogP contribution is -2.37. The number of hydrogen-bond donors (Lipinski definition) is 2. The summed E-state index contributed by atoms with van der Waals surface area (Å²) in [5.41, 5.74) is 0. The molecule has 98 valence electrons. The lowest BCUT2D eigenvalue weighted by molar-refractivity contribution is 0.612. The first kappa shape index (κ1) is 14.0. The third-order valence-electron chi connectivity index (χ3n) is 2.26. The lowest BCUT2D eigenvalue weighted by atomic mass is 10.3. The smallest absolute Gasteiger partial charge is 0.192 e. The number of nitrogens with zero attached hydrogens (tertiary/aromatic N) is 4. The quantitative estimate of drug-likeness (QED) is 0.314. The molecule has 0 fully saturated rings. The molecule has 1 aromatic heterocycles. The third kappa shape index (κ3) is 5.89. The molecule has 18 heavy (non-hydrogen) atoms. The molecule has 0 radical (unpaired) electrons. The lowest BCUT2D eigenvalue weighted by Gasteiger charge is -2.08. The number of aryl methyl sites for hydroxylation is 1. The molecule has 0 saturated carbocycles. The van der Waals surface area contributed by atoms with Crippen molar-refractivity contribution in [3.05, 3.63) is 12.7 Å². The summed E-state index contributed by atoms with van der Waals surface area (Å²) in [5, 5.41) is 13.7. The van der Waals surface area contributed by atoms with Gasteiger partial charge in [0.2, 0.25) is 0 Å². The van der Waals surface area contributed by atoms with Crippen molar-refractivity contribution in [3.8, 4) is 12.3 Å². The molecule has 0 atom stereocenters. The van der Waals surface area contributed by atoms with E-state index in [0.717, 1.165) is 38.4 Å². The highest BCUT2D eigenvalue weighted by atomic mass is 15.2. The van der Waals surface area contributed by atoms with Crippen LogP contribution >= 0.6 is 0 Å². The molecule has 1 aromatic rings. The second-order valence-corrected chi connectivity index (χ2v) is 3.73. The topological polar surface area (TPSA) is 67.1 Å². The highest BCUT2D eigenvalue weighted by molar-refractivity contribution is 5.79. The van der Waals surface area contributed by atoms with Crippen molar-refractivity contribution < 1.29 is 0 Å². The Labute approximate surface area is 108 Å². The van der Waals surface area contributed by atoms with Crippen molar-refractivity contribution in [1.82, 2.24) is 25.4 Å². The number of unbranched alkanes of at least 4 members (excludes halogenated alkanes) is 1. The molecule has 6 nitrogen and oxygen atoms in total. The number of aromatic nitrogens is 3. The van der Waals surface area contributed by atoms with Gasteiger partial charge in [0.1, 0.15) is 12.7 Å². The van der Waals surface area contributed by atoms with E-state index in [2.05, 4.69) is 31.7 Å². The molecule has 1 heterocycles. The van der Waals surface area contributed by atoms with Crippen LogP contribution in [-0.2, 0) is 6.54 Å². The van der Waals surface area contributed by atoms with Crippen LogP contribution in [0, 0.1) is 12.3 Å². The van der Waals surface area contributed by atoms with Gasteiger partial charge in [0, 0.05) is 19.6 Å². The summed E-state index contributed by atoms with van der Waals surface area (Å²) >= 11 is 0. The number of hydrogen-bond acceptors (Lipinski definition) is 3. The van der Waals surface area contributed by atoms with E-state index in [1.165, 1.54) is 0 Å². The number of guanidine groups is 1. The fourth-order valence-corrected chi connectivity index (χ4v) is 1.41. The normalized spacial score (nSPS) is 11.0. The van der Waals surface area contributed by atoms with E-state index < -0.39 is 0 Å². The van der Waals surface area contributed by atoms with E-state index in [1.54, 1.807) is 12.7 Å². The zero-order valence-electron chi connectivity index (χ0n) is 10.8. The number of terminal acetylenes is 1. The van der Waals surface area contributed by atoms with Gasteiger partial charge >= 0.3 is 0 Å². The van der Waals surface area contributed by atoms with Gasteiger partial charge in [0.05, 0.1) is 6.54 Å². The summed E-state index contributed by atoms with van der Waals surface area (Å²) in [6.07, 6.45) is 10.7. The Morgan fingerprint density at radius 2 is 2.11 bits per heavy atom. The maximum atomic E-state index is 5.19. The summed E-state index contributed by atoms with van der Waals surface area (Å²) in [5.74, 6) is 3.31. The average molecular weight is 248 g/mol. The predicted octanol–water partition coefficient (Wildman–Crippen LogP) is 0.247. The Morgan fingerprint density at radius 3 is 2.78 bits per heavy atom. The molecule has 0 aromatic carbocycles. The molecule has 0 aliphatic carbocycles. The van der Waals surface area contributed by atoms with Crippen molar-refractivity contribution in [2.75, 3.05) is 19.6 Å². The van der Waals surface area contributed by atoms with E-state index in [1.807, 2.05) is 11.5 Å². The second kappa shape index (κ2) is 9.05. The van der Waals surface area contributed by atoms with E-state index in [9.17, 15) is 0 Å². The van der Waals surface area contributed by atoms with Crippen LogP contribution in [0.15, 0.2) is 17.6 Å². The Bertz CT molecular complexity index is 376. The number of nitrogens with one attached hydrogen (secondary N) is 2. The standard InChI is InChI=1S/C12H20N6/c1-3-7-14-12(13-4-2)15-8-5-6-9-18-10-16-17-11-18/h1,10-11H,4-9H2,2H3,(H2,13,14,15). The van der Waals surface area contributed by atoms with Crippen LogP contribution < -0.4 is 10.6 Å². The van der Waals surface area contributed by atoms with Gasteiger partial charge in [-0.25, -0.2) is 0 Å². The second-order valence-electron chi connectivity index (χ2n) is 3.73. The third-order valence-corrected chi connectivity index (χ3v) is 2.26. The van der Waals surface area contributed by atoms with Crippen molar-refractivity contribution in [3.63, 3.8) is 0 Å². The Kier molecular flexibility index (Phi) is 7.05. The molecule has 0 aliphatic rings. The number of aliphatic imine (C=N–C) groups is 1. The maximum absolute atomic E-state index is 5.19. The summed E-state index contributed by atoms with van der Waals surface area (Å²) in [6.45, 7) is 5.06. The van der Waals surface area contributed by atoms with Crippen LogP contribution in [0.3, 0.4) is 0 Å². The highest BCUT2D eigenvalue weighted by Crippen LogP contribution is 1.94. The van der Waals surface area contributed by atoms with Crippen LogP contribution in [0.2, 0.25) is 0 Å². The molecule has 0 bridgehead atoms. The van der Waals surface area contributed by atoms with Crippen molar-refractivity contribution in [1.29, 1.82) is 0 Å². The van der Waals surface area contributed by atoms with E-state index in [0.29, 0.717) is 6.54 Å². The SMILES string of the molecule is C#CCNC(=NCCCCn1cnnc1)NCC. The Morgan fingerprint density at radius 1 is 1.33 bits per heavy atom. The fraction of sp³-hybridized carbons (Fsp3) is 0.583. The molecule has 0 saturated heterocycles. The average Bonchev–Trinajstić information content (AvgIpc) is 2.88. The minimum Gasteiger partial charge on any atom is -0.357 e. The van der Waals surface area contributed by atoms with Gasteiger partial charge in [-0.05, 0) is 19.8 Å². The van der Waals surface area contributed by atoms with Crippen molar-refractivity contribution >= 4 is 5.96 Å². The minimum absolute atomic E-state index is 0.493. The van der Waals surface area contributed by atoms with Crippen LogP contribution in [0.1, 0.15) is 19.8 Å². The van der Waals surface area contributed by atoms with Gasteiger partial charge in [0.25, 0.3) is 0 Å². The largest absolute Gasteiger partial charge is 0.357 e. The van der Waals surface area contributed by atoms with E-state index >= 15 is 0 Å². The molecule has 6 heteroatoms. The van der Waals surface area contributed by atoms with E-state index in [-0.39, 0.29) is 0 Å². The van der Waals surface area contributed by atoms with Gasteiger partial charge < -0.3 is 15.2 Å². The molecular formula is C12H20N6. The first-order chi connectivity index (χ1) is 8.86. The molecule has 0 aliphatic heterocycles. The van der Waals surface area contributed by atoms with Crippen LogP contribution in [0.5, 0.6) is 0 Å². The minimum atomic E-state index is 0.493. The molecule has 0 spiro atoms. The zero-order chi connectivity index (χ0) is 13.1. The molecule has 1 rings (SSSR count). The van der Waals surface area contributed by atoms with Gasteiger partial charge in [-0.2, -0.15) is 0 Å². The van der Waals surface area contributed by atoms with Gasteiger partial charge in [-0.15, -0.1) is 16.6 Å². The van der Waals surface area contributed by atoms with Crippen molar-refractivity contribution in [2.24, 2.45) is 4.99 Å². The number of rotatable bonds is 7. The van der Waals surface area contributed by atoms with Crippen molar-refractivity contribution in [2.45, 2.75) is 26.3 Å². The van der Waals surface area contributed by atoms with Gasteiger partial charge in [-0.1, -0.05) is 5.92 Å². The fourth-order valence-electron chi connectivity index (χ4n) is 1.41. The monoisotopic (exact) mass is 248 g/mol. The summed E-state index contributed by atoms with van der Waals surface area (Å²) < 4.78 is 1.96. The predicted molar refractivity (Wildman–Crippen MR) is 72.1 cm³/mol. The Hall–Kier alpha value is -2.03. The van der Waals surface area contributed by atoms with Crippen LogP contribution in [0.25, 0.3) is 0 Å². The summed E-state index contributed by atoms with van der Waals surface area (Å²) in [7, 11) is 0. The molecular weight excluding hydrogens is 228 g/mol. The zero-order valence-corrected chi connectivity index (χ0v) is 10.8. The van der Waals surface area contributed by atoms with E-state index in [4.69, 9.17) is 6.42 Å². The van der Waals surface area contributed by atoms with Crippen LogP contribution in [-0.4, -0.2) is 40.4 Å². The first-order valence-corrected chi connectivity index (χ1v) is 6.15. The highest BCUT2D eigenvalue weighted by Gasteiger charge is 1.95. The van der Waals surface area contributed by atoms with Crippen LogP contribution in [0.4, 0.5) is 0 Å². The van der Waals surface area contributed by atoms with Gasteiger partial charge in [0.15, 0.2) is 5.96 Å². The Balaban J connectivity index is 2.17. The molecule has 0 amide bonds. The molecule has 2 N–H and O–H groups in total. The molecule has 0 unspecified atom stereocenters. The maximum Gasteiger partial charge on any atom is 0.192 e. The summed E-state index contributed by atoms with van der Waals surface area (Å²) in [6, 6.07) is 0. The van der Waals surface area contributed by atoms with Gasteiger partial charge in [-0.3, -0.25) is 4.99 Å². The first-order valence-electron chi connectivity index (χ1n) is 6.15.